The number of carbonyl (C=O) groups excluding carboxylic acids is 1. The van der Waals surface area contributed by atoms with Crippen molar-refractivity contribution in [3.8, 4) is 0 Å². The van der Waals surface area contributed by atoms with Crippen LogP contribution in [0.15, 0.2) is 36.5 Å². The summed E-state index contributed by atoms with van der Waals surface area (Å²) in [6, 6.07) is 5.75. The van der Waals surface area contributed by atoms with Crippen LogP contribution in [0.1, 0.15) is 18.2 Å². The summed E-state index contributed by atoms with van der Waals surface area (Å²) in [5.41, 5.74) is 0.917. The Morgan fingerprint density at radius 2 is 2.38 bits per heavy atom. The van der Waals surface area contributed by atoms with Gasteiger partial charge in [-0.05, 0) is 24.6 Å². The highest BCUT2D eigenvalue weighted by Crippen LogP contribution is 2.16. The van der Waals surface area contributed by atoms with Gasteiger partial charge in [-0.1, -0.05) is 12.1 Å². The van der Waals surface area contributed by atoms with Gasteiger partial charge in [-0.2, -0.15) is 0 Å². The molecule has 0 radical (unpaired) electrons. The maximum Gasteiger partial charge on any atom is 0.244 e. The Morgan fingerprint density at radius 3 is 3.08 bits per heavy atom. The molecule has 0 fully saturated rings. The highest BCUT2D eigenvalue weighted by Gasteiger charge is 2.15. The Hall–Kier alpha value is -1.64. The van der Waals surface area contributed by atoms with Crippen molar-refractivity contribution in [2.75, 3.05) is 0 Å². The molecule has 3 heteroatoms. The molecule has 0 saturated heterocycles. The van der Waals surface area contributed by atoms with Gasteiger partial charge in [-0.15, -0.1) is 0 Å². The largest absolute Gasteiger partial charge is 0.344 e. The third-order valence-corrected chi connectivity index (χ3v) is 2.00. The lowest BCUT2D eigenvalue weighted by Gasteiger charge is -2.18. The number of nitrogens with zero attached hydrogens (tertiary/aromatic N) is 1. The van der Waals surface area contributed by atoms with Crippen molar-refractivity contribution in [2.45, 2.75) is 12.5 Å². The molecule has 2 rings (SSSR count). The van der Waals surface area contributed by atoms with E-state index in [9.17, 15) is 4.79 Å². The van der Waals surface area contributed by atoms with Gasteiger partial charge in [0, 0.05) is 6.20 Å². The number of nitrogens with one attached hydrogen (secondary N) is 1. The van der Waals surface area contributed by atoms with Crippen LogP contribution in [-0.2, 0) is 4.79 Å². The average Bonchev–Trinajstić information content (AvgIpc) is 2.19. The number of hydrogen-bond acceptors (Lipinski definition) is 2. The molecule has 1 aromatic rings. The molecular formula is C10H10N2O. The van der Waals surface area contributed by atoms with E-state index < -0.39 is 0 Å². The van der Waals surface area contributed by atoms with E-state index in [1.54, 1.807) is 12.3 Å². The number of hydrogen-bond donors (Lipinski definition) is 1. The second kappa shape index (κ2) is 3.39. The number of carbonyl (C=O) groups is 1. The van der Waals surface area contributed by atoms with Gasteiger partial charge >= 0.3 is 0 Å². The predicted octanol–water partition coefficient (Wildman–Crippen LogP) is 1.20. The highest BCUT2D eigenvalue weighted by molar-refractivity contribution is 5.88. The van der Waals surface area contributed by atoms with E-state index in [2.05, 4.69) is 10.3 Å². The molecule has 1 N–H and O–H groups in total. The molecule has 0 bridgehead atoms. The zero-order valence-electron chi connectivity index (χ0n) is 7.10. The minimum absolute atomic E-state index is 0.0399. The molecular weight excluding hydrogens is 164 g/mol. The summed E-state index contributed by atoms with van der Waals surface area (Å²) >= 11 is 0. The molecule has 1 amide bonds. The van der Waals surface area contributed by atoms with Crippen molar-refractivity contribution in [2.24, 2.45) is 0 Å². The molecule has 0 saturated carbocycles. The van der Waals surface area contributed by atoms with Crippen LogP contribution in [0.2, 0.25) is 0 Å². The SMILES string of the molecule is O=C1C=CC[C@@H](c2ccccn2)N1. The minimum Gasteiger partial charge on any atom is -0.344 e. The molecule has 0 aromatic carbocycles. The summed E-state index contributed by atoms with van der Waals surface area (Å²) in [6.07, 6.45) is 5.99. The summed E-state index contributed by atoms with van der Waals surface area (Å²) in [7, 11) is 0. The van der Waals surface area contributed by atoms with Crippen LogP contribution in [0.25, 0.3) is 0 Å². The first-order chi connectivity index (χ1) is 6.36. The van der Waals surface area contributed by atoms with Gasteiger partial charge in [-0.25, -0.2) is 0 Å². The summed E-state index contributed by atoms with van der Waals surface area (Å²) < 4.78 is 0. The van der Waals surface area contributed by atoms with E-state index in [1.165, 1.54) is 0 Å². The van der Waals surface area contributed by atoms with Crippen LogP contribution in [0.3, 0.4) is 0 Å². The van der Waals surface area contributed by atoms with Crippen LogP contribution in [-0.4, -0.2) is 10.9 Å². The Bertz CT molecular complexity index is 332. The van der Waals surface area contributed by atoms with Crippen LogP contribution in [0.5, 0.6) is 0 Å². The molecule has 2 heterocycles. The topological polar surface area (TPSA) is 42.0 Å². The van der Waals surface area contributed by atoms with Gasteiger partial charge in [0.25, 0.3) is 0 Å². The fourth-order valence-corrected chi connectivity index (χ4v) is 1.37. The molecule has 0 spiro atoms. The Kier molecular flexibility index (Phi) is 2.08. The molecule has 1 aliphatic rings. The molecule has 13 heavy (non-hydrogen) atoms. The van der Waals surface area contributed by atoms with Crippen molar-refractivity contribution < 1.29 is 4.79 Å². The monoisotopic (exact) mass is 174 g/mol. The highest BCUT2D eigenvalue weighted by atomic mass is 16.1. The lowest BCUT2D eigenvalue weighted by Crippen LogP contribution is -2.29. The first-order valence-corrected chi connectivity index (χ1v) is 4.24. The van der Waals surface area contributed by atoms with Gasteiger partial charge in [0.15, 0.2) is 0 Å². The molecule has 1 atom stereocenters. The van der Waals surface area contributed by atoms with Crippen LogP contribution >= 0.6 is 0 Å². The van der Waals surface area contributed by atoms with E-state index >= 15 is 0 Å². The van der Waals surface area contributed by atoms with Crippen molar-refractivity contribution in [3.63, 3.8) is 0 Å². The zero-order chi connectivity index (χ0) is 9.10. The molecule has 0 aliphatic carbocycles. The number of pyridine rings is 1. The van der Waals surface area contributed by atoms with Gasteiger partial charge in [0.05, 0.1) is 11.7 Å². The van der Waals surface area contributed by atoms with Gasteiger partial charge < -0.3 is 5.32 Å². The quantitative estimate of drug-likeness (QED) is 0.695. The summed E-state index contributed by atoms with van der Waals surface area (Å²) in [5.74, 6) is -0.0399. The van der Waals surface area contributed by atoms with E-state index in [0.717, 1.165) is 12.1 Å². The van der Waals surface area contributed by atoms with Crippen molar-refractivity contribution in [3.05, 3.63) is 42.2 Å². The summed E-state index contributed by atoms with van der Waals surface area (Å²) in [5, 5.41) is 2.84. The fraction of sp³-hybridized carbons (Fsp3) is 0.200. The first-order valence-electron chi connectivity index (χ1n) is 4.24. The van der Waals surface area contributed by atoms with Gasteiger partial charge in [0.2, 0.25) is 5.91 Å². The first kappa shape index (κ1) is 7.98. The molecule has 0 unspecified atom stereocenters. The molecule has 1 aliphatic heterocycles. The Labute approximate surface area is 76.5 Å². The lowest BCUT2D eigenvalue weighted by atomic mass is 10.1. The van der Waals surface area contributed by atoms with Crippen LogP contribution in [0.4, 0.5) is 0 Å². The molecule has 66 valence electrons. The minimum atomic E-state index is -0.0399. The van der Waals surface area contributed by atoms with Crippen LogP contribution < -0.4 is 5.32 Å². The van der Waals surface area contributed by atoms with Crippen molar-refractivity contribution in [1.29, 1.82) is 0 Å². The smallest absolute Gasteiger partial charge is 0.244 e. The Balaban J connectivity index is 2.19. The van der Waals surface area contributed by atoms with E-state index in [4.69, 9.17) is 0 Å². The standard InChI is InChI=1S/C10H10N2O/c13-10-6-3-5-9(12-10)8-4-1-2-7-11-8/h1-4,6-7,9H,5H2,(H,12,13)/t9-/m0/s1. The normalized spacial score (nSPS) is 21.2. The number of aromatic nitrogens is 1. The van der Waals surface area contributed by atoms with Crippen molar-refractivity contribution in [1.82, 2.24) is 10.3 Å². The third kappa shape index (κ3) is 1.75. The third-order valence-electron chi connectivity index (χ3n) is 2.00. The van der Waals surface area contributed by atoms with E-state index in [1.807, 2.05) is 24.3 Å². The van der Waals surface area contributed by atoms with E-state index in [0.29, 0.717) is 0 Å². The second-order valence-corrected chi connectivity index (χ2v) is 2.95. The molecule has 1 aromatic heterocycles. The fourth-order valence-electron chi connectivity index (χ4n) is 1.37. The second-order valence-electron chi connectivity index (χ2n) is 2.95. The average molecular weight is 174 g/mol. The lowest BCUT2D eigenvalue weighted by molar-refractivity contribution is -0.117. The summed E-state index contributed by atoms with van der Waals surface area (Å²) in [4.78, 5) is 15.2. The number of rotatable bonds is 1. The van der Waals surface area contributed by atoms with Crippen molar-refractivity contribution >= 4 is 5.91 Å². The van der Waals surface area contributed by atoms with Gasteiger partial charge in [0.1, 0.15) is 0 Å². The predicted molar refractivity (Wildman–Crippen MR) is 48.9 cm³/mol. The summed E-state index contributed by atoms with van der Waals surface area (Å²) in [6.45, 7) is 0. The molecule has 3 nitrogen and oxygen atoms in total. The maximum absolute atomic E-state index is 11.0. The van der Waals surface area contributed by atoms with E-state index in [-0.39, 0.29) is 11.9 Å². The zero-order valence-corrected chi connectivity index (χ0v) is 7.10. The Morgan fingerprint density at radius 1 is 1.46 bits per heavy atom. The van der Waals surface area contributed by atoms with Gasteiger partial charge in [-0.3, -0.25) is 9.78 Å². The van der Waals surface area contributed by atoms with Crippen LogP contribution in [0, 0.1) is 0 Å². The number of amides is 1. The maximum atomic E-state index is 11.0.